The van der Waals surface area contributed by atoms with Crippen molar-refractivity contribution < 1.29 is 0 Å². The number of fused-ring (bicyclic) bond motifs is 3. The molecule has 114 valence electrons. The summed E-state index contributed by atoms with van der Waals surface area (Å²) in [4.78, 5) is 11.9. The fraction of sp³-hybridized carbons (Fsp3) is 0.0588. The summed E-state index contributed by atoms with van der Waals surface area (Å²) >= 11 is 18.5. The molecule has 0 saturated heterocycles. The van der Waals surface area contributed by atoms with Gasteiger partial charge in [0.1, 0.15) is 10.3 Å². The van der Waals surface area contributed by atoms with E-state index >= 15 is 0 Å². The van der Waals surface area contributed by atoms with Crippen LogP contribution in [0.5, 0.6) is 0 Å². The van der Waals surface area contributed by atoms with E-state index in [0.717, 1.165) is 38.6 Å². The van der Waals surface area contributed by atoms with Gasteiger partial charge in [-0.25, -0.2) is 4.98 Å². The van der Waals surface area contributed by atoms with Crippen molar-refractivity contribution in [1.82, 2.24) is 15.0 Å². The molecule has 1 N–H and O–H groups in total. The van der Waals surface area contributed by atoms with Gasteiger partial charge in [-0.3, -0.25) is 4.98 Å². The van der Waals surface area contributed by atoms with Gasteiger partial charge < -0.3 is 4.98 Å². The largest absolute Gasteiger partial charge is 0.353 e. The van der Waals surface area contributed by atoms with E-state index in [1.54, 1.807) is 12.3 Å². The maximum atomic E-state index is 6.34. The van der Waals surface area contributed by atoms with Crippen LogP contribution >= 0.6 is 34.8 Å². The molecule has 0 radical (unpaired) electrons. The fourth-order valence-corrected chi connectivity index (χ4v) is 3.52. The van der Waals surface area contributed by atoms with Crippen molar-refractivity contribution in [1.29, 1.82) is 0 Å². The lowest BCUT2D eigenvalue weighted by molar-refractivity contribution is 1.22. The average Bonchev–Trinajstić information content (AvgIpc) is 2.87. The monoisotopic (exact) mass is 361 g/mol. The number of benzene rings is 1. The van der Waals surface area contributed by atoms with Gasteiger partial charge in [-0.1, -0.05) is 34.8 Å². The second-order valence-electron chi connectivity index (χ2n) is 5.29. The summed E-state index contributed by atoms with van der Waals surface area (Å²) in [7, 11) is 0. The first-order valence-electron chi connectivity index (χ1n) is 6.93. The third-order valence-corrected chi connectivity index (χ3v) is 4.61. The topological polar surface area (TPSA) is 41.6 Å². The molecule has 0 saturated carbocycles. The van der Waals surface area contributed by atoms with Crippen molar-refractivity contribution >= 4 is 56.6 Å². The van der Waals surface area contributed by atoms with Crippen molar-refractivity contribution in [3.63, 3.8) is 0 Å². The maximum Gasteiger partial charge on any atom is 0.138 e. The van der Waals surface area contributed by atoms with Crippen LogP contribution in [0.2, 0.25) is 15.3 Å². The number of halogens is 3. The third-order valence-electron chi connectivity index (χ3n) is 3.89. The Labute approximate surface area is 147 Å². The van der Waals surface area contributed by atoms with Crippen LogP contribution in [0.3, 0.4) is 0 Å². The molecule has 4 aromatic rings. The molecular weight excluding hydrogens is 353 g/mol. The van der Waals surface area contributed by atoms with E-state index in [0.29, 0.717) is 15.3 Å². The zero-order valence-electron chi connectivity index (χ0n) is 12.0. The summed E-state index contributed by atoms with van der Waals surface area (Å²) in [5.74, 6) is 0. The lowest BCUT2D eigenvalue weighted by Crippen LogP contribution is -1.86. The maximum absolute atomic E-state index is 6.34. The number of pyridine rings is 2. The SMILES string of the molecule is Cc1nccc2c1[nH]c1c(-c3ccc(Cl)nc3Cl)cc(Cl)cc12. The van der Waals surface area contributed by atoms with E-state index in [1.165, 1.54) is 0 Å². The Kier molecular flexibility index (Phi) is 3.45. The highest BCUT2D eigenvalue weighted by molar-refractivity contribution is 6.35. The second-order valence-corrected chi connectivity index (χ2v) is 6.47. The first-order valence-corrected chi connectivity index (χ1v) is 8.07. The summed E-state index contributed by atoms with van der Waals surface area (Å²) in [6, 6.07) is 9.35. The van der Waals surface area contributed by atoms with Crippen molar-refractivity contribution in [3.8, 4) is 11.1 Å². The number of hydrogen-bond acceptors (Lipinski definition) is 2. The van der Waals surface area contributed by atoms with E-state index in [2.05, 4.69) is 15.0 Å². The number of aromatic amines is 1. The highest BCUT2D eigenvalue weighted by Crippen LogP contribution is 2.38. The van der Waals surface area contributed by atoms with Crippen LogP contribution in [0.4, 0.5) is 0 Å². The Hall–Kier alpha value is -1.81. The molecule has 23 heavy (non-hydrogen) atoms. The minimum Gasteiger partial charge on any atom is -0.353 e. The third kappa shape index (κ3) is 2.36. The van der Waals surface area contributed by atoms with E-state index in [1.807, 2.05) is 31.2 Å². The molecular formula is C17H10Cl3N3. The van der Waals surface area contributed by atoms with E-state index in [-0.39, 0.29) is 0 Å². The molecule has 0 aliphatic carbocycles. The molecule has 0 atom stereocenters. The standard InChI is InChI=1S/C17H10Cl3N3/c1-8-15-10(4-5-21-8)12-6-9(18)7-13(16(12)23-15)11-2-3-14(19)22-17(11)20/h2-7,23H,1H3. The van der Waals surface area contributed by atoms with E-state index in [9.17, 15) is 0 Å². The number of aromatic nitrogens is 3. The molecule has 3 aromatic heterocycles. The molecule has 0 aliphatic heterocycles. The summed E-state index contributed by atoms with van der Waals surface area (Å²) in [6.45, 7) is 1.97. The van der Waals surface area contributed by atoms with Crippen molar-refractivity contribution in [2.45, 2.75) is 6.92 Å². The Morgan fingerprint density at radius 2 is 1.74 bits per heavy atom. The fourth-order valence-electron chi connectivity index (χ4n) is 2.85. The lowest BCUT2D eigenvalue weighted by Gasteiger charge is -2.07. The molecule has 3 nitrogen and oxygen atoms in total. The molecule has 0 spiro atoms. The van der Waals surface area contributed by atoms with E-state index in [4.69, 9.17) is 34.8 Å². The molecule has 0 unspecified atom stereocenters. The second kappa shape index (κ2) is 5.38. The summed E-state index contributed by atoms with van der Waals surface area (Å²) in [5.41, 5.74) is 4.54. The van der Waals surface area contributed by atoms with Gasteiger partial charge >= 0.3 is 0 Å². The van der Waals surface area contributed by atoms with Crippen LogP contribution in [-0.4, -0.2) is 15.0 Å². The summed E-state index contributed by atoms with van der Waals surface area (Å²) < 4.78 is 0. The minimum absolute atomic E-state index is 0.342. The lowest BCUT2D eigenvalue weighted by atomic mass is 10.0. The van der Waals surface area contributed by atoms with Gasteiger partial charge in [0.25, 0.3) is 0 Å². The van der Waals surface area contributed by atoms with Gasteiger partial charge in [0, 0.05) is 33.1 Å². The highest BCUT2D eigenvalue weighted by atomic mass is 35.5. The van der Waals surface area contributed by atoms with Crippen LogP contribution in [0.25, 0.3) is 32.9 Å². The van der Waals surface area contributed by atoms with Gasteiger partial charge in [0.15, 0.2) is 0 Å². The first-order chi connectivity index (χ1) is 11.0. The van der Waals surface area contributed by atoms with Crippen LogP contribution < -0.4 is 0 Å². The molecule has 0 amide bonds. The number of aryl methyl sites for hydroxylation is 1. The first kappa shape index (κ1) is 14.8. The molecule has 0 aliphatic rings. The molecule has 0 fully saturated rings. The minimum atomic E-state index is 0.342. The molecule has 1 aromatic carbocycles. The number of H-pyrrole nitrogens is 1. The van der Waals surface area contributed by atoms with Crippen molar-refractivity contribution in [3.05, 3.63) is 57.6 Å². The van der Waals surface area contributed by atoms with Gasteiger partial charge in [-0.2, -0.15) is 0 Å². The smallest absolute Gasteiger partial charge is 0.138 e. The normalized spacial score (nSPS) is 11.5. The van der Waals surface area contributed by atoms with Crippen LogP contribution in [0, 0.1) is 6.92 Å². The van der Waals surface area contributed by atoms with Gasteiger partial charge in [-0.15, -0.1) is 0 Å². The van der Waals surface area contributed by atoms with Gasteiger partial charge in [0.05, 0.1) is 16.7 Å². The number of hydrogen-bond donors (Lipinski definition) is 1. The Balaban J connectivity index is 2.14. The summed E-state index contributed by atoms with van der Waals surface area (Å²) in [5, 5.41) is 3.44. The quantitative estimate of drug-likeness (QED) is 0.419. The highest BCUT2D eigenvalue weighted by Gasteiger charge is 2.15. The van der Waals surface area contributed by atoms with Gasteiger partial charge in [0.2, 0.25) is 0 Å². The molecule has 6 heteroatoms. The van der Waals surface area contributed by atoms with Crippen LogP contribution in [-0.2, 0) is 0 Å². The molecule has 0 bridgehead atoms. The Morgan fingerprint density at radius 1 is 0.913 bits per heavy atom. The predicted octanol–water partition coefficient (Wildman–Crippen LogP) is 6.05. The van der Waals surface area contributed by atoms with Crippen LogP contribution in [0.15, 0.2) is 36.5 Å². The van der Waals surface area contributed by atoms with Crippen molar-refractivity contribution in [2.75, 3.05) is 0 Å². The van der Waals surface area contributed by atoms with Gasteiger partial charge in [-0.05, 0) is 37.3 Å². The molecule has 3 heterocycles. The van der Waals surface area contributed by atoms with E-state index < -0.39 is 0 Å². The Bertz CT molecular complexity index is 1070. The molecule has 4 rings (SSSR count). The average molecular weight is 363 g/mol. The number of nitrogens with zero attached hydrogens (tertiary/aromatic N) is 2. The zero-order chi connectivity index (χ0) is 16.1. The number of nitrogens with one attached hydrogen (secondary N) is 1. The predicted molar refractivity (Wildman–Crippen MR) is 96.6 cm³/mol. The zero-order valence-corrected chi connectivity index (χ0v) is 14.3. The van der Waals surface area contributed by atoms with Crippen molar-refractivity contribution in [2.24, 2.45) is 0 Å². The number of rotatable bonds is 1. The summed E-state index contributed by atoms with van der Waals surface area (Å²) in [6.07, 6.45) is 1.79. The van der Waals surface area contributed by atoms with Crippen LogP contribution in [0.1, 0.15) is 5.69 Å². The Morgan fingerprint density at radius 3 is 2.52 bits per heavy atom.